The molecule has 58 valence electrons. The second kappa shape index (κ2) is 0.900. The van der Waals surface area contributed by atoms with Crippen LogP contribution < -0.4 is 0 Å². The van der Waals surface area contributed by atoms with E-state index in [1.807, 2.05) is 0 Å². The zero-order chi connectivity index (χ0) is 7.12. The Bertz CT molecular complexity index is 260. The molecule has 0 aromatic rings. The van der Waals surface area contributed by atoms with Crippen molar-refractivity contribution >= 4 is 0 Å². The lowest BCUT2D eigenvalue weighted by atomic mass is 9.70. The number of hydrogen-bond donors (Lipinski definition) is 0. The molecule has 0 radical (unpaired) electrons. The Morgan fingerprint density at radius 2 is 1.36 bits per heavy atom. The molecule has 0 nitrogen and oxygen atoms in total. The van der Waals surface area contributed by atoms with Crippen LogP contribution in [0.25, 0.3) is 0 Å². The van der Waals surface area contributed by atoms with Crippen LogP contribution in [0, 0.1) is 52.8 Å². The molecule has 7 aliphatic carbocycles. The monoisotopic (exact) mass is 146 g/mol. The molecule has 0 aromatic carbocycles. The summed E-state index contributed by atoms with van der Waals surface area (Å²) in [4.78, 5) is 0. The van der Waals surface area contributed by atoms with E-state index in [4.69, 9.17) is 0 Å². The summed E-state index contributed by atoms with van der Waals surface area (Å²) in [7, 11) is 0. The molecule has 0 aromatic heterocycles. The van der Waals surface area contributed by atoms with E-state index >= 15 is 0 Å². The summed E-state index contributed by atoms with van der Waals surface area (Å²) in [6, 6.07) is 0. The van der Waals surface area contributed by atoms with Gasteiger partial charge in [-0.05, 0) is 52.8 Å². The zero-order valence-electron chi connectivity index (χ0n) is 7.12. The molecule has 2 atom stereocenters. The zero-order valence-corrected chi connectivity index (χ0v) is 7.12. The van der Waals surface area contributed by atoms with Gasteiger partial charge >= 0.3 is 0 Å². The van der Waals surface area contributed by atoms with E-state index in [0.717, 1.165) is 11.3 Å². The van der Waals surface area contributed by atoms with Gasteiger partial charge in [0.2, 0.25) is 0 Å². The van der Waals surface area contributed by atoms with E-state index < -0.39 is 0 Å². The van der Waals surface area contributed by atoms with Crippen molar-refractivity contribution < 1.29 is 0 Å². The summed E-state index contributed by atoms with van der Waals surface area (Å²) < 4.78 is 0. The molecule has 0 N–H and O–H groups in total. The Kier molecular flexibility index (Phi) is 0.400. The first kappa shape index (κ1) is 4.89. The van der Waals surface area contributed by atoms with E-state index in [9.17, 15) is 0 Å². The fraction of sp³-hybridized carbons (Fsp3) is 1.00. The van der Waals surface area contributed by atoms with E-state index in [1.54, 1.807) is 0 Å². The van der Waals surface area contributed by atoms with E-state index in [-0.39, 0.29) is 0 Å². The van der Waals surface area contributed by atoms with Gasteiger partial charge in [-0.1, -0.05) is 13.8 Å². The highest BCUT2D eigenvalue weighted by Crippen LogP contribution is 3.07. The predicted octanol–water partition coefficient (Wildman–Crippen LogP) is 2.01. The van der Waals surface area contributed by atoms with Crippen molar-refractivity contribution in [2.24, 2.45) is 52.8 Å². The fourth-order valence-corrected chi connectivity index (χ4v) is 5.69. The first-order chi connectivity index (χ1) is 5.31. The van der Waals surface area contributed by atoms with Crippen molar-refractivity contribution in [2.45, 2.75) is 13.8 Å². The maximum Gasteiger partial charge on any atom is -0.0172 e. The van der Waals surface area contributed by atoms with Gasteiger partial charge in [0.25, 0.3) is 0 Å². The van der Waals surface area contributed by atoms with Crippen LogP contribution in [0.1, 0.15) is 13.8 Å². The minimum Gasteiger partial charge on any atom is -0.0622 e. The highest BCUT2D eigenvalue weighted by Gasteiger charge is 3.04. The summed E-state index contributed by atoms with van der Waals surface area (Å²) in [5.74, 6) is 10.0. The van der Waals surface area contributed by atoms with Gasteiger partial charge < -0.3 is 0 Å². The molecule has 2 unspecified atom stereocenters. The van der Waals surface area contributed by atoms with Crippen LogP contribution in [-0.4, -0.2) is 0 Å². The average Bonchev–Trinajstić information content (AvgIpc) is 2.78. The molecule has 7 rings (SSSR count). The summed E-state index contributed by atoms with van der Waals surface area (Å²) in [5.41, 5.74) is 0.971. The lowest BCUT2D eigenvalue weighted by Crippen LogP contribution is -2.31. The lowest BCUT2D eigenvalue weighted by Gasteiger charge is -2.34. The van der Waals surface area contributed by atoms with Gasteiger partial charge in [0.15, 0.2) is 0 Å². The third-order valence-corrected chi connectivity index (χ3v) is 6.06. The average molecular weight is 146 g/mol. The van der Waals surface area contributed by atoms with Crippen molar-refractivity contribution in [1.82, 2.24) is 0 Å². The Morgan fingerprint density at radius 1 is 0.818 bits per heavy atom. The van der Waals surface area contributed by atoms with E-state index in [2.05, 4.69) is 13.8 Å². The van der Waals surface area contributed by atoms with Gasteiger partial charge in [0, 0.05) is 0 Å². The van der Waals surface area contributed by atoms with Gasteiger partial charge in [-0.2, -0.15) is 0 Å². The number of hydrogen-bond acceptors (Lipinski definition) is 0. The molecule has 0 saturated heterocycles. The van der Waals surface area contributed by atoms with Crippen molar-refractivity contribution in [3.8, 4) is 0 Å². The van der Waals surface area contributed by atoms with Gasteiger partial charge in [0.1, 0.15) is 0 Å². The molecule has 0 aliphatic heterocycles. The first-order valence-electron chi connectivity index (χ1n) is 5.31. The van der Waals surface area contributed by atoms with Crippen molar-refractivity contribution in [3.05, 3.63) is 0 Å². The molecule has 0 spiro atoms. The number of rotatable bonds is 1. The third-order valence-electron chi connectivity index (χ3n) is 6.06. The lowest BCUT2D eigenvalue weighted by molar-refractivity contribution is 0.124. The van der Waals surface area contributed by atoms with Crippen LogP contribution in [0.15, 0.2) is 0 Å². The van der Waals surface area contributed by atoms with Gasteiger partial charge in [-0.3, -0.25) is 0 Å². The maximum absolute atomic E-state index is 2.47. The molecular formula is C11H14. The fourth-order valence-electron chi connectivity index (χ4n) is 5.69. The van der Waals surface area contributed by atoms with Crippen LogP contribution in [0.3, 0.4) is 0 Å². The second-order valence-electron chi connectivity index (χ2n) is 6.04. The standard InChI is InChI=1S/C11H14/c1-3(2)11-8-6-4-5(6)7(4)9(11)10(8)11/h3-10H,1-2H3. The summed E-state index contributed by atoms with van der Waals surface area (Å²) in [6.45, 7) is 4.93. The second-order valence-corrected chi connectivity index (χ2v) is 6.04. The van der Waals surface area contributed by atoms with Gasteiger partial charge in [-0.25, -0.2) is 0 Å². The Labute approximate surface area is 67.4 Å². The normalized spacial score (nSPS) is 89.2. The van der Waals surface area contributed by atoms with Gasteiger partial charge in [-0.15, -0.1) is 0 Å². The highest BCUT2D eigenvalue weighted by atomic mass is 15.1. The quantitative estimate of drug-likeness (QED) is 0.531. The van der Waals surface area contributed by atoms with Crippen LogP contribution >= 0.6 is 0 Å². The minimum absolute atomic E-state index is 0.971. The van der Waals surface area contributed by atoms with Crippen molar-refractivity contribution in [1.29, 1.82) is 0 Å². The largest absolute Gasteiger partial charge is 0.0622 e. The molecule has 7 aliphatic rings. The smallest absolute Gasteiger partial charge is 0.0172 e. The van der Waals surface area contributed by atoms with E-state index in [1.165, 1.54) is 41.4 Å². The molecule has 7 fully saturated rings. The van der Waals surface area contributed by atoms with Crippen LogP contribution in [0.5, 0.6) is 0 Å². The van der Waals surface area contributed by atoms with Crippen LogP contribution in [0.4, 0.5) is 0 Å². The van der Waals surface area contributed by atoms with Crippen LogP contribution in [0.2, 0.25) is 0 Å². The summed E-state index contributed by atoms with van der Waals surface area (Å²) in [6.07, 6.45) is 0. The van der Waals surface area contributed by atoms with Crippen LogP contribution in [-0.2, 0) is 0 Å². The summed E-state index contributed by atoms with van der Waals surface area (Å²) in [5, 5.41) is 0. The Morgan fingerprint density at radius 3 is 1.73 bits per heavy atom. The molecular weight excluding hydrogens is 132 g/mol. The molecule has 0 amide bonds. The first-order valence-corrected chi connectivity index (χ1v) is 5.31. The molecule has 0 heteroatoms. The van der Waals surface area contributed by atoms with Crippen molar-refractivity contribution in [3.63, 3.8) is 0 Å². The summed E-state index contributed by atoms with van der Waals surface area (Å²) >= 11 is 0. The SMILES string of the molecule is CC(C)C12C3C4C5C4C5C1C32. The molecule has 0 heterocycles. The predicted molar refractivity (Wildman–Crippen MR) is 41.7 cm³/mol. The molecule has 7 saturated carbocycles. The maximum atomic E-state index is 2.47. The Hall–Kier alpha value is 0. The van der Waals surface area contributed by atoms with Crippen molar-refractivity contribution in [2.75, 3.05) is 0 Å². The highest BCUT2D eigenvalue weighted by molar-refractivity contribution is 5.50. The minimum atomic E-state index is 0.971. The Balaban J connectivity index is 1.67. The molecule has 4 bridgehead atoms. The topological polar surface area (TPSA) is 0 Å². The van der Waals surface area contributed by atoms with Gasteiger partial charge in [0.05, 0.1) is 0 Å². The van der Waals surface area contributed by atoms with E-state index in [0.29, 0.717) is 0 Å². The third kappa shape index (κ3) is 0.237. The molecule has 11 heavy (non-hydrogen) atoms.